The van der Waals surface area contributed by atoms with Gasteiger partial charge in [0.05, 0.1) is 10.5 Å². The third-order valence-corrected chi connectivity index (χ3v) is 3.54. The normalized spacial score (nSPS) is 16.5. The Labute approximate surface area is 141 Å². The van der Waals surface area contributed by atoms with E-state index in [1.54, 1.807) is 0 Å². The Morgan fingerprint density at radius 2 is 2.13 bits per heavy atom. The van der Waals surface area contributed by atoms with Gasteiger partial charge in [-0.05, 0) is 30.4 Å². The van der Waals surface area contributed by atoms with E-state index in [0.29, 0.717) is 0 Å². The second-order valence-electron chi connectivity index (χ2n) is 4.48. The maximum atomic E-state index is 12.4. The molecule has 0 unspecified atom stereocenters. The van der Waals surface area contributed by atoms with Crippen molar-refractivity contribution < 1.29 is 14.5 Å². The Morgan fingerprint density at radius 1 is 1.43 bits per heavy atom. The first-order valence-electron chi connectivity index (χ1n) is 6.29. The smallest absolute Gasteiger partial charge is 0.278 e. The first-order chi connectivity index (χ1) is 10.8. The van der Waals surface area contributed by atoms with Gasteiger partial charge in [0.25, 0.3) is 17.5 Å². The van der Waals surface area contributed by atoms with Crippen LogP contribution in [0.15, 0.2) is 36.4 Å². The molecular formula is C14H10ClN3O4S. The Bertz CT molecular complexity index is 775. The molecule has 118 valence electrons. The SMILES string of the molecule is C=CCN1C(=O)C(=Cc2ccc(Cl)cc2[N+](=O)[O-])C(=O)NC1=S. The van der Waals surface area contributed by atoms with Gasteiger partial charge in [-0.25, -0.2) is 0 Å². The minimum atomic E-state index is -0.718. The quantitative estimate of drug-likeness (QED) is 0.224. The molecule has 1 aliphatic rings. The Morgan fingerprint density at radius 3 is 2.74 bits per heavy atom. The predicted octanol–water partition coefficient (Wildman–Crippen LogP) is 2.06. The van der Waals surface area contributed by atoms with Crippen molar-refractivity contribution >= 4 is 52.5 Å². The molecule has 1 N–H and O–H groups in total. The molecule has 1 heterocycles. The van der Waals surface area contributed by atoms with Crippen LogP contribution in [0.2, 0.25) is 5.02 Å². The zero-order valence-electron chi connectivity index (χ0n) is 11.6. The molecule has 2 amide bonds. The van der Waals surface area contributed by atoms with E-state index in [4.69, 9.17) is 23.8 Å². The molecule has 0 aromatic heterocycles. The number of halogens is 1. The van der Waals surface area contributed by atoms with Crippen LogP contribution in [0.25, 0.3) is 6.08 Å². The molecule has 2 rings (SSSR count). The van der Waals surface area contributed by atoms with Crippen LogP contribution in [0.4, 0.5) is 5.69 Å². The van der Waals surface area contributed by atoms with Gasteiger partial charge in [-0.2, -0.15) is 0 Å². The van der Waals surface area contributed by atoms with Gasteiger partial charge < -0.3 is 0 Å². The molecule has 0 bridgehead atoms. The maximum absolute atomic E-state index is 12.4. The number of hydrogen-bond donors (Lipinski definition) is 1. The Kier molecular flexibility index (Phi) is 4.87. The molecule has 0 saturated carbocycles. The summed E-state index contributed by atoms with van der Waals surface area (Å²) in [4.78, 5) is 35.9. The van der Waals surface area contributed by atoms with E-state index in [-0.39, 0.29) is 33.5 Å². The third-order valence-electron chi connectivity index (χ3n) is 2.99. The molecular weight excluding hydrogens is 342 g/mol. The lowest BCUT2D eigenvalue weighted by Crippen LogP contribution is -2.53. The first kappa shape index (κ1) is 16.8. The number of amides is 2. The Balaban J connectivity index is 2.51. The summed E-state index contributed by atoms with van der Waals surface area (Å²) in [6.45, 7) is 3.62. The second kappa shape index (κ2) is 6.67. The number of hydrogen-bond acceptors (Lipinski definition) is 5. The largest absolute Gasteiger partial charge is 0.298 e. The molecule has 0 spiro atoms. The molecule has 7 nitrogen and oxygen atoms in total. The van der Waals surface area contributed by atoms with Gasteiger partial charge in [-0.15, -0.1) is 6.58 Å². The lowest BCUT2D eigenvalue weighted by Gasteiger charge is -2.27. The number of carbonyl (C=O) groups is 2. The van der Waals surface area contributed by atoms with Crippen molar-refractivity contribution in [1.29, 1.82) is 0 Å². The highest BCUT2D eigenvalue weighted by Gasteiger charge is 2.33. The highest BCUT2D eigenvalue weighted by molar-refractivity contribution is 7.80. The fourth-order valence-corrected chi connectivity index (χ4v) is 2.36. The number of nitro benzene ring substituents is 1. The predicted molar refractivity (Wildman–Crippen MR) is 88.7 cm³/mol. The summed E-state index contributed by atoms with van der Waals surface area (Å²) in [6, 6.07) is 3.93. The van der Waals surface area contributed by atoms with Crippen LogP contribution < -0.4 is 5.32 Å². The van der Waals surface area contributed by atoms with E-state index in [1.807, 2.05) is 0 Å². The molecule has 0 radical (unpaired) electrons. The number of rotatable bonds is 4. The summed E-state index contributed by atoms with van der Waals surface area (Å²) in [7, 11) is 0. The van der Waals surface area contributed by atoms with Crippen LogP contribution in [0.1, 0.15) is 5.56 Å². The summed E-state index contributed by atoms with van der Waals surface area (Å²) >= 11 is 10.7. The van der Waals surface area contributed by atoms with Gasteiger partial charge in [0.15, 0.2) is 5.11 Å². The molecule has 1 aliphatic heterocycles. The average Bonchev–Trinajstić information content (AvgIpc) is 2.48. The van der Waals surface area contributed by atoms with Crippen LogP contribution in [0, 0.1) is 10.1 Å². The summed E-state index contributed by atoms with van der Waals surface area (Å²) in [5.41, 5.74) is -0.482. The highest BCUT2D eigenvalue weighted by atomic mass is 35.5. The van der Waals surface area contributed by atoms with Crippen molar-refractivity contribution in [2.24, 2.45) is 0 Å². The maximum Gasteiger partial charge on any atom is 0.278 e. The molecule has 0 aliphatic carbocycles. The first-order valence-corrected chi connectivity index (χ1v) is 7.07. The Hall–Kier alpha value is -2.58. The molecule has 1 fully saturated rings. The molecule has 0 atom stereocenters. The van der Waals surface area contributed by atoms with Gasteiger partial charge in [0.2, 0.25) is 0 Å². The number of nitrogens with one attached hydrogen (secondary N) is 1. The lowest BCUT2D eigenvalue weighted by atomic mass is 10.1. The van der Waals surface area contributed by atoms with E-state index >= 15 is 0 Å². The number of nitrogens with zero attached hydrogens (tertiary/aromatic N) is 2. The third kappa shape index (κ3) is 3.43. The minimum Gasteiger partial charge on any atom is -0.298 e. The van der Waals surface area contributed by atoms with E-state index in [2.05, 4.69) is 11.9 Å². The molecule has 1 aromatic carbocycles. The topological polar surface area (TPSA) is 92.6 Å². The molecule has 1 saturated heterocycles. The fourth-order valence-electron chi connectivity index (χ4n) is 1.94. The van der Waals surface area contributed by atoms with Crippen molar-refractivity contribution in [2.45, 2.75) is 0 Å². The fraction of sp³-hybridized carbons (Fsp3) is 0.0714. The van der Waals surface area contributed by atoms with Crippen molar-refractivity contribution in [2.75, 3.05) is 6.54 Å². The second-order valence-corrected chi connectivity index (χ2v) is 5.31. The molecule has 1 aromatic rings. The van der Waals surface area contributed by atoms with E-state index in [0.717, 1.165) is 17.0 Å². The van der Waals surface area contributed by atoms with Crippen molar-refractivity contribution in [3.8, 4) is 0 Å². The van der Waals surface area contributed by atoms with Crippen LogP contribution in [-0.2, 0) is 9.59 Å². The number of benzene rings is 1. The van der Waals surface area contributed by atoms with Gasteiger partial charge in [-0.1, -0.05) is 17.7 Å². The van der Waals surface area contributed by atoms with Crippen LogP contribution in [0.3, 0.4) is 0 Å². The number of thiocarbonyl (C=S) groups is 1. The van der Waals surface area contributed by atoms with Gasteiger partial charge in [-0.3, -0.25) is 29.9 Å². The average molecular weight is 352 g/mol. The summed E-state index contributed by atoms with van der Waals surface area (Å²) in [5, 5.41) is 13.6. The summed E-state index contributed by atoms with van der Waals surface area (Å²) < 4.78 is 0. The van der Waals surface area contributed by atoms with Crippen LogP contribution in [0.5, 0.6) is 0 Å². The zero-order valence-corrected chi connectivity index (χ0v) is 13.2. The number of carbonyl (C=O) groups excluding carboxylic acids is 2. The van der Waals surface area contributed by atoms with Crippen molar-refractivity contribution in [3.05, 3.63) is 57.1 Å². The summed E-state index contributed by atoms with van der Waals surface area (Å²) in [5.74, 6) is -1.37. The summed E-state index contributed by atoms with van der Waals surface area (Å²) in [6.07, 6.45) is 2.59. The highest BCUT2D eigenvalue weighted by Crippen LogP contribution is 2.26. The van der Waals surface area contributed by atoms with Crippen LogP contribution >= 0.6 is 23.8 Å². The van der Waals surface area contributed by atoms with Gasteiger partial charge in [0, 0.05) is 17.6 Å². The van der Waals surface area contributed by atoms with E-state index in [1.165, 1.54) is 18.2 Å². The monoisotopic (exact) mass is 351 g/mol. The number of nitro groups is 1. The lowest BCUT2D eigenvalue weighted by molar-refractivity contribution is -0.385. The van der Waals surface area contributed by atoms with E-state index in [9.17, 15) is 19.7 Å². The minimum absolute atomic E-state index is 0.0392. The van der Waals surface area contributed by atoms with Crippen molar-refractivity contribution in [1.82, 2.24) is 10.2 Å². The van der Waals surface area contributed by atoms with Crippen molar-refractivity contribution in [3.63, 3.8) is 0 Å². The molecule has 23 heavy (non-hydrogen) atoms. The standard InChI is InChI=1S/C14H10ClN3O4S/c1-2-5-17-13(20)10(12(19)16-14(17)23)6-8-3-4-9(15)7-11(8)18(21)22/h2-4,6-7H,1,5H2,(H,16,19,23). The van der Waals surface area contributed by atoms with E-state index < -0.39 is 16.7 Å². The molecule has 9 heteroatoms. The van der Waals surface area contributed by atoms with Crippen LogP contribution in [-0.4, -0.2) is 33.3 Å². The van der Waals surface area contributed by atoms with Gasteiger partial charge >= 0.3 is 0 Å². The van der Waals surface area contributed by atoms with Gasteiger partial charge in [0.1, 0.15) is 5.57 Å². The zero-order chi connectivity index (χ0) is 17.1.